The molecule has 30 heavy (non-hydrogen) atoms. The van der Waals surface area contributed by atoms with Gasteiger partial charge in [0.25, 0.3) is 5.91 Å². The number of amides is 1. The predicted octanol–water partition coefficient (Wildman–Crippen LogP) is 5.85. The summed E-state index contributed by atoms with van der Waals surface area (Å²) in [5.41, 5.74) is 1.51. The van der Waals surface area contributed by atoms with Gasteiger partial charge >= 0.3 is 0 Å². The van der Waals surface area contributed by atoms with E-state index in [9.17, 15) is 4.79 Å². The molecule has 2 rings (SSSR count). The Hall–Kier alpha value is -2.21. The summed E-state index contributed by atoms with van der Waals surface area (Å²) >= 11 is 3.48. The normalized spacial score (nSPS) is 10.9. The molecular formula is C24H32BrNO4. The number of nitrogens with one attached hydrogen (secondary N) is 1. The highest BCUT2D eigenvalue weighted by molar-refractivity contribution is 9.10. The number of benzene rings is 2. The summed E-state index contributed by atoms with van der Waals surface area (Å²) in [5.74, 6) is 2.99. The van der Waals surface area contributed by atoms with Crippen LogP contribution in [0.1, 0.15) is 50.0 Å². The summed E-state index contributed by atoms with van der Waals surface area (Å²) < 4.78 is 17.8. The molecule has 6 heteroatoms. The van der Waals surface area contributed by atoms with Crippen LogP contribution in [0.2, 0.25) is 0 Å². The second-order valence-electron chi connectivity index (χ2n) is 8.05. The highest BCUT2D eigenvalue weighted by atomic mass is 79.9. The maximum Gasteiger partial charge on any atom is 0.251 e. The molecule has 0 bridgehead atoms. The third kappa shape index (κ3) is 7.56. The van der Waals surface area contributed by atoms with Gasteiger partial charge in [0.05, 0.1) is 24.8 Å². The lowest BCUT2D eigenvalue weighted by molar-refractivity contribution is 0.0950. The number of carbonyl (C=O) groups excluding carboxylic acids is 1. The molecule has 0 fully saturated rings. The van der Waals surface area contributed by atoms with Gasteiger partial charge in [0, 0.05) is 12.1 Å². The average Bonchev–Trinajstić information content (AvgIpc) is 2.71. The van der Waals surface area contributed by atoms with E-state index in [2.05, 4.69) is 48.9 Å². The van der Waals surface area contributed by atoms with Gasteiger partial charge in [-0.05, 0) is 70.1 Å². The van der Waals surface area contributed by atoms with Gasteiger partial charge in [-0.25, -0.2) is 0 Å². The number of halogens is 1. The van der Waals surface area contributed by atoms with Gasteiger partial charge in [-0.2, -0.15) is 0 Å². The second-order valence-corrected chi connectivity index (χ2v) is 8.90. The maximum absolute atomic E-state index is 12.5. The van der Waals surface area contributed by atoms with Crippen molar-refractivity contribution in [3.63, 3.8) is 0 Å². The minimum Gasteiger partial charge on any atom is -0.493 e. The fourth-order valence-corrected chi connectivity index (χ4v) is 3.14. The van der Waals surface area contributed by atoms with Gasteiger partial charge in [0.15, 0.2) is 11.5 Å². The third-order valence-electron chi connectivity index (χ3n) is 4.40. The molecule has 2 aromatic rings. The Labute approximate surface area is 188 Å². The van der Waals surface area contributed by atoms with Crippen molar-refractivity contribution in [3.8, 4) is 17.2 Å². The van der Waals surface area contributed by atoms with Crippen LogP contribution in [0.3, 0.4) is 0 Å². The topological polar surface area (TPSA) is 56.8 Å². The van der Waals surface area contributed by atoms with E-state index < -0.39 is 0 Å². The molecular weight excluding hydrogens is 446 g/mol. The number of carbonyl (C=O) groups is 1. The highest BCUT2D eigenvalue weighted by Gasteiger charge is 2.11. The molecule has 1 N–H and O–H groups in total. The lowest BCUT2D eigenvalue weighted by Gasteiger charge is -2.14. The van der Waals surface area contributed by atoms with E-state index in [1.165, 1.54) is 0 Å². The van der Waals surface area contributed by atoms with E-state index in [0.717, 1.165) is 22.2 Å². The van der Waals surface area contributed by atoms with Crippen molar-refractivity contribution in [2.75, 3.05) is 20.3 Å². The van der Waals surface area contributed by atoms with Crippen LogP contribution < -0.4 is 19.5 Å². The smallest absolute Gasteiger partial charge is 0.251 e. The Kier molecular flexibility index (Phi) is 9.50. The third-order valence-corrected chi connectivity index (χ3v) is 5.02. The van der Waals surface area contributed by atoms with Crippen molar-refractivity contribution >= 4 is 21.8 Å². The van der Waals surface area contributed by atoms with Crippen LogP contribution in [0.25, 0.3) is 0 Å². The molecule has 0 saturated carbocycles. The average molecular weight is 478 g/mol. The Morgan fingerprint density at radius 3 is 2.33 bits per heavy atom. The molecule has 0 aliphatic heterocycles. The quantitative estimate of drug-likeness (QED) is 0.441. The first-order chi connectivity index (χ1) is 14.3. The Balaban J connectivity index is 1.96. The van der Waals surface area contributed by atoms with E-state index in [1.807, 2.05) is 24.3 Å². The van der Waals surface area contributed by atoms with Gasteiger partial charge in [0.1, 0.15) is 5.75 Å². The van der Waals surface area contributed by atoms with Crippen molar-refractivity contribution in [2.24, 2.45) is 11.8 Å². The van der Waals surface area contributed by atoms with Crippen molar-refractivity contribution in [1.82, 2.24) is 5.32 Å². The highest BCUT2D eigenvalue weighted by Crippen LogP contribution is 2.29. The SMILES string of the molecule is COc1cc(CNC(=O)c2ccc(OCC(C)C)c(Br)c2)ccc1OCCC(C)C. The Morgan fingerprint density at radius 1 is 0.967 bits per heavy atom. The summed E-state index contributed by atoms with van der Waals surface area (Å²) in [7, 11) is 1.62. The molecule has 0 atom stereocenters. The predicted molar refractivity (Wildman–Crippen MR) is 124 cm³/mol. The van der Waals surface area contributed by atoms with Crippen molar-refractivity contribution in [2.45, 2.75) is 40.7 Å². The van der Waals surface area contributed by atoms with Gasteiger partial charge in [-0.3, -0.25) is 4.79 Å². The number of rotatable bonds is 11. The summed E-state index contributed by atoms with van der Waals surface area (Å²) in [6.07, 6.45) is 0.984. The molecule has 0 radical (unpaired) electrons. The zero-order valence-electron chi connectivity index (χ0n) is 18.5. The fourth-order valence-electron chi connectivity index (χ4n) is 2.65. The number of ether oxygens (including phenoxy) is 3. The number of hydrogen-bond donors (Lipinski definition) is 1. The standard InChI is InChI=1S/C24H32BrNO4/c1-16(2)10-11-29-22-8-6-18(12-23(22)28-5)14-26-24(27)19-7-9-21(20(25)13-19)30-15-17(3)4/h6-9,12-13,16-17H,10-11,14-15H2,1-5H3,(H,26,27). The zero-order valence-corrected chi connectivity index (χ0v) is 20.0. The lowest BCUT2D eigenvalue weighted by atomic mass is 10.1. The Morgan fingerprint density at radius 2 is 1.70 bits per heavy atom. The van der Waals surface area contributed by atoms with Crippen LogP contribution in [0.4, 0.5) is 0 Å². The first kappa shape index (κ1) is 24.1. The molecule has 5 nitrogen and oxygen atoms in total. The zero-order chi connectivity index (χ0) is 22.1. The van der Waals surface area contributed by atoms with E-state index >= 15 is 0 Å². The van der Waals surface area contributed by atoms with Crippen molar-refractivity contribution < 1.29 is 19.0 Å². The summed E-state index contributed by atoms with van der Waals surface area (Å²) in [6.45, 7) is 10.2. The first-order valence-electron chi connectivity index (χ1n) is 10.3. The van der Waals surface area contributed by atoms with Crippen LogP contribution in [0, 0.1) is 11.8 Å². The van der Waals surface area contributed by atoms with Gasteiger partial charge in [-0.15, -0.1) is 0 Å². The Bertz CT molecular complexity index is 836. The molecule has 2 aromatic carbocycles. The summed E-state index contributed by atoms with van der Waals surface area (Å²) in [6, 6.07) is 11.1. The van der Waals surface area contributed by atoms with Gasteiger partial charge < -0.3 is 19.5 Å². The van der Waals surface area contributed by atoms with Crippen LogP contribution in [-0.2, 0) is 6.54 Å². The lowest BCUT2D eigenvalue weighted by Crippen LogP contribution is -2.22. The van der Waals surface area contributed by atoms with Crippen LogP contribution in [0.15, 0.2) is 40.9 Å². The monoisotopic (exact) mass is 477 g/mol. The summed E-state index contributed by atoms with van der Waals surface area (Å²) in [5, 5.41) is 2.94. The van der Waals surface area contributed by atoms with E-state index in [-0.39, 0.29) is 5.91 Å². The van der Waals surface area contributed by atoms with E-state index in [4.69, 9.17) is 14.2 Å². The second kappa shape index (κ2) is 11.8. The minimum absolute atomic E-state index is 0.151. The van der Waals surface area contributed by atoms with Crippen molar-refractivity contribution in [3.05, 3.63) is 52.0 Å². The molecule has 0 heterocycles. The summed E-state index contributed by atoms with van der Waals surface area (Å²) in [4.78, 5) is 12.5. The largest absolute Gasteiger partial charge is 0.493 e. The molecule has 0 spiro atoms. The number of methoxy groups -OCH3 is 1. The molecule has 0 aliphatic carbocycles. The fraction of sp³-hybridized carbons (Fsp3) is 0.458. The van der Waals surface area contributed by atoms with E-state index in [1.54, 1.807) is 19.2 Å². The molecule has 0 aromatic heterocycles. The van der Waals surface area contributed by atoms with Crippen molar-refractivity contribution in [1.29, 1.82) is 0 Å². The van der Waals surface area contributed by atoms with Crippen LogP contribution >= 0.6 is 15.9 Å². The number of hydrogen-bond acceptors (Lipinski definition) is 4. The molecule has 164 valence electrons. The minimum atomic E-state index is -0.151. The van der Waals surface area contributed by atoms with Crippen LogP contribution in [-0.4, -0.2) is 26.2 Å². The molecule has 1 amide bonds. The maximum atomic E-state index is 12.5. The first-order valence-corrected chi connectivity index (χ1v) is 11.1. The van der Waals surface area contributed by atoms with Gasteiger partial charge in [0.2, 0.25) is 0 Å². The molecule has 0 unspecified atom stereocenters. The van der Waals surface area contributed by atoms with Gasteiger partial charge in [-0.1, -0.05) is 33.8 Å². The van der Waals surface area contributed by atoms with E-state index in [0.29, 0.717) is 48.7 Å². The molecule has 0 saturated heterocycles. The van der Waals surface area contributed by atoms with Crippen LogP contribution in [0.5, 0.6) is 17.2 Å². The molecule has 0 aliphatic rings.